The second-order valence-electron chi connectivity index (χ2n) is 3.93. The highest BCUT2D eigenvalue weighted by molar-refractivity contribution is 5.69. The normalized spacial score (nSPS) is 12.4. The quantitative estimate of drug-likeness (QED) is 0.805. The number of hydrogen-bond donors (Lipinski definition) is 2. The molecule has 0 fully saturated rings. The zero-order chi connectivity index (χ0) is 11.5. The van der Waals surface area contributed by atoms with Gasteiger partial charge in [-0.2, -0.15) is 0 Å². The Labute approximate surface area is 95.4 Å². The van der Waals surface area contributed by atoms with Crippen LogP contribution in [-0.4, -0.2) is 5.11 Å². The molecular formula is C14H15NO. The molecular weight excluding hydrogens is 198 g/mol. The Balaban J connectivity index is 2.55. The van der Waals surface area contributed by atoms with Crippen LogP contribution in [0.2, 0.25) is 0 Å². The van der Waals surface area contributed by atoms with Gasteiger partial charge in [-0.3, -0.25) is 0 Å². The highest BCUT2D eigenvalue weighted by Crippen LogP contribution is 2.28. The van der Waals surface area contributed by atoms with Crippen LogP contribution in [0.5, 0.6) is 5.75 Å². The van der Waals surface area contributed by atoms with E-state index in [1.165, 1.54) is 0 Å². The molecule has 2 aromatic rings. The lowest BCUT2D eigenvalue weighted by Crippen LogP contribution is -2.06. The number of phenols is 1. The average molecular weight is 213 g/mol. The summed E-state index contributed by atoms with van der Waals surface area (Å²) >= 11 is 0. The second-order valence-corrected chi connectivity index (χ2v) is 3.93. The fourth-order valence-electron chi connectivity index (χ4n) is 1.83. The van der Waals surface area contributed by atoms with Crippen molar-refractivity contribution in [1.82, 2.24) is 0 Å². The summed E-state index contributed by atoms with van der Waals surface area (Å²) in [6, 6.07) is 15.2. The van der Waals surface area contributed by atoms with E-state index in [1.807, 2.05) is 43.3 Å². The first-order chi connectivity index (χ1) is 7.68. The van der Waals surface area contributed by atoms with Gasteiger partial charge in [0.25, 0.3) is 0 Å². The largest absolute Gasteiger partial charge is 0.508 e. The van der Waals surface area contributed by atoms with Crippen LogP contribution in [0.3, 0.4) is 0 Å². The Morgan fingerprint density at radius 2 is 1.81 bits per heavy atom. The summed E-state index contributed by atoms with van der Waals surface area (Å²) in [5.74, 6) is 0.275. The summed E-state index contributed by atoms with van der Waals surface area (Å²) in [6.07, 6.45) is 0. The lowest BCUT2D eigenvalue weighted by atomic mass is 9.96. The fraction of sp³-hybridized carbons (Fsp3) is 0.143. The molecule has 0 saturated carbocycles. The van der Waals surface area contributed by atoms with Crippen LogP contribution in [-0.2, 0) is 0 Å². The minimum atomic E-state index is -0.0152. The molecule has 1 unspecified atom stereocenters. The fourth-order valence-corrected chi connectivity index (χ4v) is 1.83. The summed E-state index contributed by atoms with van der Waals surface area (Å²) in [7, 11) is 0. The van der Waals surface area contributed by atoms with Crippen LogP contribution in [0, 0.1) is 0 Å². The molecule has 0 heterocycles. The summed E-state index contributed by atoms with van der Waals surface area (Å²) in [4.78, 5) is 0. The molecule has 0 aliphatic heterocycles. The molecule has 2 heteroatoms. The average Bonchev–Trinajstić information content (AvgIpc) is 2.29. The summed E-state index contributed by atoms with van der Waals surface area (Å²) < 4.78 is 0. The Morgan fingerprint density at radius 1 is 1.06 bits per heavy atom. The predicted octanol–water partition coefficient (Wildman–Crippen LogP) is 3.08. The Morgan fingerprint density at radius 3 is 2.50 bits per heavy atom. The maximum absolute atomic E-state index is 9.47. The van der Waals surface area contributed by atoms with Crippen molar-refractivity contribution in [3.63, 3.8) is 0 Å². The van der Waals surface area contributed by atoms with Crippen molar-refractivity contribution in [2.75, 3.05) is 0 Å². The lowest BCUT2D eigenvalue weighted by Gasteiger charge is -2.12. The smallest absolute Gasteiger partial charge is 0.116 e. The van der Waals surface area contributed by atoms with Crippen LogP contribution in [0.15, 0.2) is 48.5 Å². The molecule has 0 aromatic heterocycles. The van der Waals surface area contributed by atoms with Crippen LogP contribution in [0.25, 0.3) is 11.1 Å². The van der Waals surface area contributed by atoms with Crippen molar-refractivity contribution < 1.29 is 5.11 Å². The van der Waals surface area contributed by atoms with E-state index in [4.69, 9.17) is 5.73 Å². The number of rotatable bonds is 2. The van der Waals surface area contributed by atoms with Crippen molar-refractivity contribution in [2.24, 2.45) is 5.73 Å². The SMILES string of the molecule is CC(N)c1ccccc1-c1cccc(O)c1. The molecule has 2 nitrogen and oxygen atoms in total. The molecule has 1 atom stereocenters. The van der Waals surface area contributed by atoms with E-state index >= 15 is 0 Å². The first-order valence-corrected chi connectivity index (χ1v) is 5.32. The van der Waals surface area contributed by atoms with Crippen LogP contribution in [0.1, 0.15) is 18.5 Å². The molecule has 0 saturated heterocycles. The summed E-state index contributed by atoms with van der Waals surface area (Å²) in [5, 5.41) is 9.47. The Hall–Kier alpha value is -1.80. The molecule has 82 valence electrons. The first-order valence-electron chi connectivity index (χ1n) is 5.32. The molecule has 0 radical (unpaired) electrons. The third-order valence-corrected chi connectivity index (χ3v) is 2.61. The summed E-state index contributed by atoms with van der Waals surface area (Å²) in [5.41, 5.74) is 9.09. The Kier molecular flexibility index (Phi) is 2.93. The van der Waals surface area contributed by atoms with E-state index in [-0.39, 0.29) is 11.8 Å². The van der Waals surface area contributed by atoms with Crippen molar-refractivity contribution in [1.29, 1.82) is 0 Å². The van der Waals surface area contributed by atoms with Gasteiger partial charge in [0.1, 0.15) is 5.75 Å². The highest BCUT2D eigenvalue weighted by atomic mass is 16.3. The van der Waals surface area contributed by atoms with E-state index in [1.54, 1.807) is 12.1 Å². The lowest BCUT2D eigenvalue weighted by molar-refractivity contribution is 0.475. The molecule has 0 aliphatic carbocycles. The monoisotopic (exact) mass is 213 g/mol. The first kappa shape index (κ1) is 10.7. The molecule has 2 rings (SSSR count). The van der Waals surface area contributed by atoms with E-state index in [0.717, 1.165) is 16.7 Å². The van der Waals surface area contributed by atoms with E-state index in [2.05, 4.69) is 0 Å². The molecule has 0 amide bonds. The van der Waals surface area contributed by atoms with Crippen molar-refractivity contribution in [3.8, 4) is 16.9 Å². The molecule has 0 bridgehead atoms. The number of benzene rings is 2. The minimum Gasteiger partial charge on any atom is -0.508 e. The topological polar surface area (TPSA) is 46.2 Å². The zero-order valence-electron chi connectivity index (χ0n) is 9.22. The van der Waals surface area contributed by atoms with E-state index in [9.17, 15) is 5.11 Å². The van der Waals surface area contributed by atoms with Crippen LogP contribution in [0.4, 0.5) is 0 Å². The maximum Gasteiger partial charge on any atom is 0.116 e. The van der Waals surface area contributed by atoms with Gasteiger partial charge >= 0.3 is 0 Å². The number of nitrogens with two attached hydrogens (primary N) is 1. The van der Waals surface area contributed by atoms with E-state index in [0.29, 0.717) is 0 Å². The van der Waals surface area contributed by atoms with Gasteiger partial charge < -0.3 is 10.8 Å². The van der Waals surface area contributed by atoms with Crippen LogP contribution < -0.4 is 5.73 Å². The van der Waals surface area contributed by atoms with Gasteiger partial charge in [-0.1, -0.05) is 36.4 Å². The highest BCUT2D eigenvalue weighted by Gasteiger charge is 2.07. The van der Waals surface area contributed by atoms with Gasteiger partial charge in [0.15, 0.2) is 0 Å². The van der Waals surface area contributed by atoms with Gasteiger partial charge in [0.05, 0.1) is 0 Å². The van der Waals surface area contributed by atoms with Gasteiger partial charge in [0.2, 0.25) is 0 Å². The third kappa shape index (κ3) is 2.07. The van der Waals surface area contributed by atoms with Crippen molar-refractivity contribution in [3.05, 3.63) is 54.1 Å². The predicted molar refractivity (Wildman–Crippen MR) is 66.1 cm³/mol. The van der Waals surface area contributed by atoms with Gasteiger partial charge in [-0.25, -0.2) is 0 Å². The molecule has 0 spiro atoms. The minimum absolute atomic E-state index is 0.0152. The van der Waals surface area contributed by atoms with Crippen molar-refractivity contribution in [2.45, 2.75) is 13.0 Å². The molecule has 0 aliphatic rings. The number of hydrogen-bond acceptors (Lipinski definition) is 2. The van der Waals surface area contributed by atoms with Gasteiger partial charge in [-0.05, 0) is 35.7 Å². The van der Waals surface area contributed by atoms with Crippen molar-refractivity contribution >= 4 is 0 Å². The second kappa shape index (κ2) is 4.37. The zero-order valence-corrected chi connectivity index (χ0v) is 9.22. The Bertz CT molecular complexity index is 492. The number of phenolic OH excluding ortho intramolecular Hbond substituents is 1. The molecule has 2 aromatic carbocycles. The van der Waals surface area contributed by atoms with Gasteiger partial charge in [-0.15, -0.1) is 0 Å². The van der Waals surface area contributed by atoms with Crippen LogP contribution >= 0.6 is 0 Å². The molecule has 16 heavy (non-hydrogen) atoms. The molecule has 3 N–H and O–H groups in total. The standard InChI is InChI=1S/C14H15NO/c1-10(15)13-7-2-3-8-14(13)11-5-4-6-12(16)9-11/h2-10,16H,15H2,1H3. The maximum atomic E-state index is 9.47. The van der Waals surface area contributed by atoms with E-state index < -0.39 is 0 Å². The third-order valence-electron chi connectivity index (χ3n) is 2.61. The van der Waals surface area contributed by atoms with Gasteiger partial charge in [0, 0.05) is 6.04 Å². The summed E-state index contributed by atoms with van der Waals surface area (Å²) in [6.45, 7) is 1.96. The number of aromatic hydroxyl groups is 1.